The number of benzene rings is 3. The monoisotopic (exact) mass is 436 g/mol. The fourth-order valence-corrected chi connectivity index (χ4v) is 5.10. The van der Waals surface area contributed by atoms with Gasteiger partial charge in [-0.3, -0.25) is 4.79 Å². The number of sulfonamides is 1. The van der Waals surface area contributed by atoms with Gasteiger partial charge in [0.05, 0.1) is 17.2 Å². The van der Waals surface area contributed by atoms with E-state index >= 15 is 0 Å². The lowest BCUT2D eigenvalue weighted by Gasteiger charge is -2.28. The minimum absolute atomic E-state index is 0.124. The van der Waals surface area contributed by atoms with Crippen molar-refractivity contribution in [3.63, 3.8) is 0 Å². The standard InChI is InChI=1S/C24H24N2O4S/c1-2-30-23-13-12-21(16-22(23)25-24(27)19-9-4-3-5-10-19)31(28,29)26-15-14-18-8-6-7-11-20(18)17-26/h3-13,16H,2,14-15,17H2,1H3,(H,25,27). The minimum Gasteiger partial charge on any atom is -0.492 e. The zero-order chi connectivity index (χ0) is 21.8. The van der Waals surface area contributed by atoms with E-state index in [1.54, 1.807) is 30.3 Å². The summed E-state index contributed by atoms with van der Waals surface area (Å²) >= 11 is 0. The van der Waals surface area contributed by atoms with E-state index in [-0.39, 0.29) is 10.8 Å². The van der Waals surface area contributed by atoms with Gasteiger partial charge in [0.1, 0.15) is 5.75 Å². The van der Waals surface area contributed by atoms with Crippen molar-refractivity contribution >= 4 is 21.6 Å². The lowest BCUT2D eigenvalue weighted by atomic mass is 10.0. The van der Waals surface area contributed by atoms with Crippen molar-refractivity contribution in [1.29, 1.82) is 0 Å². The quantitative estimate of drug-likeness (QED) is 0.632. The number of nitrogens with one attached hydrogen (secondary N) is 1. The van der Waals surface area contributed by atoms with Crippen LogP contribution in [-0.2, 0) is 23.0 Å². The first-order chi connectivity index (χ1) is 15.0. The van der Waals surface area contributed by atoms with Gasteiger partial charge in [-0.15, -0.1) is 0 Å². The molecule has 0 spiro atoms. The Kier molecular flexibility index (Phi) is 6.06. The number of anilines is 1. The van der Waals surface area contributed by atoms with Crippen LogP contribution < -0.4 is 10.1 Å². The summed E-state index contributed by atoms with van der Waals surface area (Å²) in [5.41, 5.74) is 3.00. The van der Waals surface area contributed by atoms with E-state index in [4.69, 9.17) is 4.74 Å². The highest BCUT2D eigenvalue weighted by molar-refractivity contribution is 7.89. The highest BCUT2D eigenvalue weighted by Gasteiger charge is 2.29. The molecular weight excluding hydrogens is 412 g/mol. The second kappa shape index (κ2) is 8.91. The third-order valence-electron chi connectivity index (χ3n) is 5.27. The SMILES string of the molecule is CCOc1ccc(S(=O)(=O)N2CCc3ccccc3C2)cc1NC(=O)c1ccccc1. The van der Waals surface area contributed by atoms with Gasteiger partial charge in [0.15, 0.2) is 0 Å². The zero-order valence-corrected chi connectivity index (χ0v) is 18.1. The van der Waals surface area contributed by atoms with E-state index in [0.717, 1.165) is 5.56 Å². The fourth-order valence-electron chi connectivity index (χ4n) is 3.66. The van der Waals surface area contributed by atoms with Gasteiger partial charge in [0.2, 0.25) is 10.0 Å². The number of carbonyl (C=O) groups is 1. The number of fused-ring (bicyclic) bond motifs is 1. The Hall–Kier alpha value is -3.16. The Morgan fingerprint density at radius 1 is 1.00 bits per heavy atom. The molecule has 3 aromatic rings. The molecule has 0 atom stereocenters. The molecule has 6 nitrogen and oxygen atoms in total. The van der Waals surface area contributed by atoms with Crippen LogP contribution in [0.15, 0.2) is 77.7 Å². The van der Waals surface area contributed by atoms with Crippen LogP contribution in [-0.4, -0.2) is 31.8 Å². The minimum atomic E-state index is -3.73. The van der Waals surface area contributed by atoms with Gasteiger partial charge >= 0.3 is 0 Å². The van der Waals surface area contributed by atoms with Crippen LogP contribution in [0.4, 0.5) is 5.69 Å². The Morgan fingerprint density at radius 2 is 1.71 bits per heavy atom. The first kappa shape index (κ1) is 21.1. The molecule has 0 aromatic heterocycles. The van der Waals surface area contributed by atoms with Crippen molar-refractivity contribution in [2.75, 3.05) is 18.5 Å². The van der Waals surface area contributed by atoms with E-state index in [2.05, 4.69) is 5.32 Å². The van der Waals surface area contributed by atoms with E-state index in [1.165, 1.54) is 22.0 Å². The first-order valence-corrected chi connectivity index (χ1v) is 11.6. The number of ether oxygens (including phenoxy) is 1. The summed E-state index contributed by atoms with van der Waals surface area (Å²) in [5, 5.41) is 2.80. The number of carbonyl (C=O) groups excluding carboxylic acids is 1. The Bertz CT molecular complexity index is 1190. The molecule has 1 amide bonds. The molecule has 160 valence electrons. The molecule has 3 aromatic carbocycles. The van der Waals surface area contributed by atoms with Gasteiger partial charge < -0.3 is 10.1 Å². The molecule has 0 radical (unpaired) electrons. The predicted molar refractivity (Wildman–Crippen MR) is 120 cm³/mol. The molecule has 1 aliphatic heterocycles. The average molecular weight is 437 g/mol. The second-order valence-electron chi connectivity index (χ2n) is 7.27. The second-order valence-corrected chi connectivity index (χ2v) is 9.21. The normalized spacial score (nSPS) is 14.0. The molecular formula is C24H24N2O4S. The van der Waals surface area contributed by atoms with Crippen molar-refractivity contribution < 1.29 is 17.9 Å². The first-order valence-electron chi connectivity index (χ1n) is 10.2. The summed E-state index contributed by atoms with van der Waals surface area (Å²) in [5.74, 6) is 0.0951. The summed E-state index contributed by atoms with van der Waals surface area (Å²) in [6.45, 7) is 2.97. The number of rotatable bonds is 6. The van der Waals surface area contributed by atoms with Gasteiger partial charge in [0.25, 0.3) is 5.91 Å². The predicted octanol–water partition coefficient (Wildman–Crippen LogP) is 4.08. The van der Waals surface area contributed by atoms with Crippen molar-refractivity contribution in [2.45, 2.75) is 24.8 Å². The Labute approximate surface area is 182 Å². The molecule has 0 fully saturated rings. The van der Waals surface area contributed by atoms with Crippen LogP contribution in [0.2, 0.25) is 0 Å². The number of hydrogen-bond acceptors (Lipinski definition) is 4. The lowest BCUT2D eigenvalue weighted by Crippen LogP contribution is -2.36. The molecule has 1 N–H and O–H groups in total. The molecule has 0 aliphatic carbocycles. The van der Waals surface area contributed by atoms with E-state index < -0.39 is 10.0 Å². The van der Waals surface area contributed by atoms with E-state index in [0.29, 0.717) is 43.1 Å². The van der Waals surface area contributed by atoms with Crippen molar-refractivity contribution in [3.05, 3.63) is 89.5 Å². The number of nitrogens with zero attached hydrogens (tertiary/aromatic N) is 1. The van der Waals surface area contributed by atoms with Crippen molar-refractivity contribution in [1.82, 2.24) is 4.31 Å². The van der Waals surface area contributed by atoms with Crippen LogP contribution in [0.1, 0.15) is 28.4 Å². The van der Waals surface area contributed by atoms with Gasteiger partial charge in [-0.1, -0.05) is 42.5 Å². The van der Waals surface area contributed by atoms with Gasteiger partial charge in [0, 0.05) is 18.7 Å². The van der Waals surface area contributed by atoms with Crippen molar-refractivity contribution in [3.8, 4) is 5.75 Å². The fraction of sp³-hybridized carbons (Fsp3) is 0.208. The largest absolute Gasteiger partial charge is 0.492 e. The molecule has 0 unspecified atom stereocenters. The molecule has 0 saturated carbocycles. The zero-order valence-electron chi connectivity index (χ0n) is 17.2. The summed E-state index contributed by atoms with van der Waals surface area (Å²) < 4.78 is 33.8. The van der Waals surface area contributed by atoms with Gasteiger partial charge in [-0.25, -0.2) is 8.42 Å². The van der Waals surface area contributed by atoms with Crippen molar-refractivity contribution in [2.24, 2.45) is 0 Å². The molecule has 1 aliphatic rings. The smallest absolute Gasteiger partial charge is 0.255 e. The van der Waals surface area contributed by atoms with Gasteiger partial charge in [-0.05, 0) is 54.8 Å². The van der Waals surface area contributed by atoms with E-state index in [1.807, 2.05) is 37.3 Å². The Morgan fingerprint density at radius 3 is 2.45 bits per heavy atom. The third-order valence-corrected chi connectivity index (χ3v) is 7.11. The maximum absolute atomic E-state index is 13.3. The lowest BCUT2D eigenvalue weighted by molar-refractivity contribution is 0.102. The number of hydrogen-bond donors (Lipinski definition) is 1. The maximum Gasteiger partial charge on any atom is 0.255 e. The van der Waals surface area contributed by atoms with Crippen LogP contribution >= 0.6 is 0 Å². The van der Waals surface area contributed by atoms with Crippen LogP contribution in [0.25, 0.3) is 0 Å². The molecule has 4 rings (SSSR count). The molecule has 7 heteroatoms. The Balaban J connectivity index is 1.64. The van der Waals surface area contributed by atoms with E-state index in [9.17, 15) is 13.2 Å². The van der Waals surface area contributed by atoms with Gasteiger partial charge in [-0.2, -0.15) is 4.31 Å². The average Bonchev–Trinajstić information content (AvgIpc) is 2.80. The third kappa shape index (κ3) is 4.47. The highest BCUT2D eigenvalue weighted by Crippen LogP contribution is 2.31. The molecule has 1 heterocycles. The van der Waals surface area contributed by atoms with Crippen LogP contribution in [0.5, 0.6) is 5.75 Å². The van der Waals surface area contributed by atoms with Crippen LogP contribution in [0.3, 0.4) is 0 Å². The molecule has 0 bridgehead atoms. The topological polar surface area (TPSA) is 75.7 Å². The summed E-state index contributed by atoms with van der Waals surface area (Å²) in [7, 11) is -3.73. The summed E-state index contributed by atoms with van der Waals surface area (Å²) in [6.07, 6.45) is 0.671. The number of amides is 1. The molecule has 31 heavy (non-hydrogen) atoms. The summed E-state index contributed by atoms with van der Waals surface area (Å²) in [6, 6.07) is 21.2. The van der Waals surface area contributed by atoms with Crippen LogP contribution in [0, 0.1) is 0 Å². The highest BCUT2D eigenvalue weighted by atomic mass is 32.2. The maximum atomic E-state index is 13.3. The summed E-state index contributed by atoms with van der Waals surface area (Å²) in [4.78, 5) is 12.8. The molecule has 0 saturated heterocycles.